The zero-order valence-electron chi connectivity index (χ0n) is 14.1. The number of ether oxygens (including phenoxy) is 1. The Bertz CT molecular complexity index is 407. The van der Waals surface area contributed by atoms with Gasteiger partial charge in [0.15, 0.2) is 0 Å². The van der Waals surface area contributed by atoms with Crippen molar-refractivity contribution in [3.63, 3.8) is 0 Å². The summed E-state index contributed by atoms with van der Waals surface area (Å²) in [5.74, 6) is 0.919. The number of benzene rings is 1. The fourth-order valence-corrected chi connectivity index (χ4v) is 9.17. The van der Waals surface area contributed by atoms with Crippen LogP contribution in [-0.2, 0) is 0 Å². The van der Waals surface area contributed by atoms with Gasteiger partial charge < -0.3 is 4.74 Å². The van der Waals surface area contributed by atoms with E-state index >= 15 is 0 Å². The highest BCUT2D eigenvalue weighted by Crippen LogP contribution is 2.42. The van der Waals surface area contributed by atoms with E-state index in [1.807, 2.05) is 12.1 Å². The maximum atomic E-state index is 5.21. The van der Waals surface area contributed by atoms with E-state index in [0.29, 0.717) is 0 Å². The van der Waals surface area contributed by atoms with Crippen LogP contribution in [0.3, 0.4) is 0 Å². The molecule has 0 aliphatic heterocycles. The van der Waals surface area contributed by atoms with Gasteiger partial charge >= 0.3 is 0 Å². The summed E-state index contributed by atoms with van der Waals surface area (Å²) < 4.78 is 5.21. The van der Waals surface area contributed by atoms with Crippen molar-refractivity contribution in [3.05, 3.63) is 35.5 Å². The van der Waals surface area contributed by atoms with E-state index < -0.39 is 8.07 Å². The molecule has 0 spiro atoms. The molecule has 0 unspecified atom stereocenters. The summed E-state index contributed by atoms with van der Waals surface area (Å²) in [7, 11) is 0.263. The third-order valence-electron chi connectivity index (χ3n) is 4.68. The number of hydrogen-bond donors (Lipinski definition) is 0. The summed E-state index contributed by atoms with van der Waals surface area (Å²) >= 11 is 0. The summed E-state index contributed by atoms with van der Waals surface area (Å²) in [6, 6.07) is 8.33. The maximum Gasteiger partial charge on any atom is 0.118 e. The Kier molecular flexibility index (Phi) is 6.06. The van der Waals surface area contributed by atoms with Gasteiger partial charge in [-0.3, -0.25) is 0 Å². The molecule has 0 heterocycles. The maximum absolute atomic E-state index is 5.21. The second-order valence-corrected chi connectivity index (χ2v) is 12.4. The average molecular weight is 291 g/mol. The first-order chi connectivity index (χ1) is 9.34. The normalized spacial score (nSPS) is 12.9. The third-order valence-corrected chi connectivity index (χ3v) is 11.4. The lowest BCUT2D eigenvalue weighted by molar-refractivity contribution is 0.415. The third kappa shape index (κ3) is 3.54. The lowest BCUT2D eigenvalue weighted by atomic mass is 10.2. The largest absolute Gasteiger partial charge is 0.497 e. The molecule has 0 aliphatic carbocycles. The Morgan fingerprint density at radius 2 is 1.30 bits per heavy atom. The molecule has 0 bridgehead atoms. The van der Waals surface area contributed by atoms with Crippen LogP contribution in [0.4, 0.5) is 0 Å². The SMILES string of the molecule is COc1ccc(/C=C/[Si](C(C)C)(C(C)C)C(C)C)cc1. The highest BCUT2D eigenvalue weighted by molar-refractivity contribution is 6.88. The zero-order valence-corrected chi connectivity index (χ0v) is 15.1. The van der Waals surface area contributed by atoms with Crippen molar-refractivity contribution >= 4 is 14.1 Å². The second kappa shape index (κ2) is 7.12. The van der Waals surface area contributed by atoms with E-state index in [2.05, 4.69) is 65.5 Å². The summed E-state index contributed by atoms with van der Waals surface area (Å²) in [4.78, 5) is 0. The van der Waals surface area contributed by atoms with Crippen molar-refractivity contribution < 1.29 is 4.74 Å². The van der Waals surface area contributed by atoms with E-state index in [4.69, 9.17) is 4.74 Å². The molecule has 0 amide bonds. The molecule has 0 aliphatic rings. The van der Waals surface area contributed by atoms with Crippen LogP contribution in [0.1, 0.15) is 47.1 Å². The van der Waals surface area contributed by atoms with Crippen LogP contribution >= 0.6 is 0 Å². The standard InChI is InChI=1S/C18H30OSi/c1-14(2)20(15(3)4,16(5)6)13-12-17-8-10-18(19-7)11-9-17/h8-16H,1-7H3/b13-12+. The Morgan fingerprint density at radius 3 is 1.65 bits per heavy atom. The smallest absolute Gasteiger partial charge is 0.118 e. The van der Waals surface area contributed by atoms with E-state index in [1.165, 1.54) is 5.56 Å². The van der Waals surface area contributed by atoms with Gasteiger partial charge in [0, 0.05) is 0 Å². The molecule has 1 nitrogen and oxygen atoms in total. The van der Waals surface area contributed by atoms with Crippen molar-refractivity contribution in [2.24, 2.45) is 0 Å². The first-order valence-electron chi connectivity index (χ1n) is 7.67. The van der Waals surface area contributed by atoms with E-state index in [1.54, 1.807) is 7.11 Å². The minimum absolute atomic E-state index is 0.761. The molecule has 0 saturated carbocycles. The lowest BCUT2D eigenvalue weighted by Gasteiger charge is -2.40. The van der Waals surface area contributed by atoms with Gasteiger partial charge in [0.1, 0.15) is 5.75 Å². The summed E-state index contributed by atoms with van der Waals surface area (Å²) in [5, 5.41) is 0. The Morgan fingerprint density at radius 1 is 0.850 bits per heavy atom. The molecule has 2 heteroatoms. The molecule has 1 rings (SSSR count). The van der Waals surface area contributed by atoms with E-state index in [9.17, 15) is 0 Å². The van der Waals surface area contributed by atoms with Crippen molar-refractivity contribution in [1.29, 1.82) is 0 Å². The number of rotatable bonds is 6. The van der Waals surface area contributed by atoms with Crippen molar-refractivity contribution in [2.75, 3.05) is 7.11 Å². The zero-order chi connectivity index (χ0) is 15.3. The predicted octanol–water partition coefficient (Wildman–Crippen LogP) is 5.93. The van der Waals surface area contributed by atoms with Crippen LogP contribution in [-0.4, -0.2) is 15.2 Å². The van der Waals surface area contributed by atoms with Gasteiger partial charge in [-0.05, 0) is 34.3 Å². The van der Waals surface area contributed by atoms with Crippen LogP contribution in [0.15, 0.2) is 30.0 Å². The van der Waals surface area contributed by atoms with Gasteiger partial charge in [0.2, 0.25) is 0 Å². The molecule has 1 aromatic rings. The first kappa shape index (κ1) is 17.0. The quantitative estimate of drug-likeness (QED) is 0.590. The predicted molar refractivity (Wildman–Crippen MR) is 93.1 cm³/mol. The molecule has 20 heavy (non-hydrogen) atoms. The van der Waals surface area contributed by atoms with Crippen molar-refractivity contribution in [1.82, 2.24) is 0 Å². The van der Waals surface area contributed by atoms with Gasteiger partial charge in [-0.25, -0.2) is 0 Å². The molecule has 0 saturated heterocycles. The monoisotopic (exact) mass is 290 g/mol. The van der Waals surface area contributed by atoms with E-state index in [-0.39, 0.29) is 0 Å². The van der Waals surface area contributed by atoms with Gasteiger partial charge in [-0.2, -0.15) is 0 Å². The molecule has 1 aromatic carbocycles. The highest BCUT2D eigenvalue weighted by atomic mass is 28.3. The lowest BCUT2D eigenvalue weighted by Crippen LogP contribution is -2.42. The van der Waals surface area contributed by atoms with E-state index in [0.717, 1.165) is 22.4 Å². The summed E-state index contributed by atoms with van der Waals surface area (Å²) in [6.07, 6.45) is 2.33. The summed E-state index contributed by atoms with van der Waals surface area (Å²) in [5.41, 5.74) is 6.12. The van der Waals surface area contributed by atoms with Crippen LogP contribution in [0, 0.1) is 0 Å². The Hall–Kier alpha value is -1.02. The molecule has 112 valence electrons. The van der Waals surface area contributed by atoms with Gasteiger partial charge in [-0.15, -0.1) is 0 Å². The number of hydrogen-bond acceptors (Lipinski definition) is 1. The molecular weight excluding hydrogens is 260 g/mol. The molecule has 0 radical (unpaired) electrons. The fourth-order valence-electron chi connectivity index (χ4n) is 3.53. The number of methoxy groups -OCH3 is 1. The van der Waals surface area contributed by atoms with Gasteiger partial charge in [-0.1, -0.05) is 65.5 Å². The molecule has 0 atom stereocenters. The second-order valence-electron chi connectivity index (χ2n) is 6.57. The minimum Gasteiger partial charge on any atom is -0.497 e. The molecule has 0 N–H and O–H groups in total. The molecule has 0 aromatic heterocycles. The van der Waals surface area contributed by atoms with Gasteiger partial charge in [0.25, 0.3) is 0 Å². The highest BCUT2D eigenvalue weighted by Gasteiger charge is 2.39. The molecular formula is C18H30OSi. The van der Waals surface area contributed by atoms with Crippen LogP contribution in [0.5, 0.6) is 5.75 Å². The minimum atomic E-state index is -1.44. The van der Waals surface area contributed by atoms with Crippen LogP contribution in [0.2, 0.25) is 16.6 Å². The first-order valence-corrected chi connectivity index (χ1v) is 9.98. The fraction of sp³-hybridized carbons (Fsp3) is 0.556. The van der Waals surface area contributed by atoms with Crippen molar-refractivity contribution in [2.45, 2.75) is 58.2 Å². The molecule has 0 fully saturated rings. The van der Waals surface area contributed by atoms with Gasteiger partial charge in [0.05, 0.1) is 15.2 Å². The average Bonchev–Trinajstić information content (AvgIpc) is 2.38. The topological polar surface area (TPSA) is 9.23 Å². The van der Waals surface area contributed by atoms with Crippen molar-refractivity contribution in [3.8, 4) is 5.75 Å². The Labute approximate surface area is 126 Å². The summed E-state index contributed by atoms with van der Waals surface area (Å²) in [6.45, 7) is 14.4. The van der Waals surface area contributed by atoms with Crippen LogP contribution in [0.25, 0.3) is 6.08 Å². The van der Waals surface area contributed by atoms with Crippen LogP contribution < -0.4 is 4.74 Å². The Balaban J connectivity index is 3.07.